The van der Waals surface area contributed by atoms with Crippen molar-refractivity contribution in [2.24, 2.45) is 0 Å². The maximum absolute atomic E-state index is 12.0. The number of anilines is 2. The summed E-state index contributed by atoms with van der Waals surface area (Å²) in [5.41, 5.74) is 1.20. The number of amides is 3. The van der Waals surface area contributed by atoms with Crippen molar-refractivity contribution < 1.29 is 19.1 Å². The maximum Gasteiger partial charge on any atom is 0.226 e. The summed E-state index contributed by atoms with van der Waals surface area (Å²) in [6.07, 6.45) is 0.188. The number of nitrogens with zero attached hydrogens (tertiary/aromatic N) is 1. The standard InChI is InChI=1S/C16H23N3O4/c1-12(20)17-14-5-4-6-15(11-14)18-16(22)7-8-19(13(2)21)9-10-23-3/h4-6,11H,7-10H2,1-3H3,(H,17,20)(H,18,22). The minimum atomic E-state index is -0.200. The van der Waals surface area contributed by atoms with Gasteiger partial charge < -0.3 is 20.3 Å². The van der Waals surface area contributed by atoms with Gasteiger partial charge in [0.1, 0.15) is 0 Å². The normalized spacial score (nSPS) is 10.0. The van der Waals surface area contributed by atoms with E-state index in [4.69, 9.17) is 4.74 Å². The maximum atomic E-state index is 12.0. The lowest BCUT2D eigenvalue weighted by Gasteiger charge is -2.20. The second-order valence-corrected chi connectivity index (χ2v) is 5.06. The molecular formula is C16H23N3O4. The molecule has 0 aliphatic rings. The number of methoxy groups -OCH3 is 1. The molecule has 0 heterocycles. The minimum absolute atomic E-state index is 0.0949. The summed E-state index contributed by atoms with van der Waals surface area (Å²) in [7, 11) is 1.56. The van der Waals surface area contributed by atoms with Crippen LogP contribution < -0.4 is 10.6 Å². The van der Waals surface area contributed by atoms with Crippen LogP contribution >= 0.6 is 0 Å². The molecule has 0 aromatic heterocycles. The fourth-order valence-corrected chi connectivity index (χ4v) is 1.97. The van der Waals surface area contributed by atoms with Gasteiger partial charge in [0.15, 0.2) is 0 Å². The molecule has 0 saturated carbocycles. The van der Waals surface area contributed by atoms with Gasteiger partial charge in [0.25, 0.3) is 0 Å². The van der Waals surface area contributed by atoms with Crippen LogP contribution in [0.3, 0.4) is 0 Å². The first-order chi connectivity index (χ1) is 10.9. The Morgan fingerprint density at radius 1 is 1.09 bits per heavy atom. The van der Waals surface area contributed by atoms with Crippen molar-refractivity contribution in [3.8, 4) is 0 Å². The van der Waals surface area contributed by atoms with Gasteiger partial charge in [-0.05, 0) is 18.2 Å². The van der Waals surface area contributed by atoms with Crippen molar-refractivity contribution >= 4 is 29.1 Å². The van der Waals surface area contributed by atoms with E-state index in [2.05, 4.69) is 10.6 Å². The van der Waals surface area contributed by atoms with Gasteiger partial charge in [0, 0.05) is 51.8 Å². The first-order valence-electron chi connectivity index (χ1n) is 7.34. The third-order valence-electron chi connectivity index (χ3n) is 3.09. The lowest BCUT2D eigenvalue weighted by atomic mass is 10.2. The van der Waals surface area contributed by atoms with Crippen molar-refractivity contribution in [2.45, 2.75) is 20.3 Å². The number of rotatable bonds is 8. The number of benzene rings is 1. The largest absolute Gasteiger partial charge is 0.383 e. The molecule has 126 valence electrons. The van der Waals surface area contributed by atoms with Crippen LogP contribution in [0.25, 0.3) is 0 Å². The Morgan fingerprint density at radius 2 is 1.74 bits per heavy atom. The molecule has 0 fully saturated rings. The van der Waals surface area contributed by atoms with Crippen LogP contribution in [0, 0.1) is 0 Å². The molecule has 0 aliphatic carbocycles. The number of ether oxygens (including phenoxy) is 1. The molecule has 0 bridgehead atoms. The molecule has 0 aliphatic heterocycles. The Morgan fingerprint density at radius 3 is 2.30 bits per heavy atom. The van der Waals surface area contributed by atoms with E-state index in [1.807, 2.05) is 0 Å². The molecule has 1 rings (SSSR count). The smallest absolute Gasteiger partial charge is 0.226 e. The second kappa shape index (κ2) is 9.58. The quantitative estimate of drug-likeness (QED) is 0.759. The van der Waals surface area contributed by atoms with Crippen LogP contribution in [0.5, 0.6) is 0 Å². The Hall–Kier alpha value is -2.41. The SMILES string of the molecule is COCCN(CCC(=O)Nc1cccc(NC(C)=O)c1)C(C)=O. The topological polar surface area (TPSA) is 87.7 Å². The predicted octanol–water partition coefficient (Wildman–Crippen LogP) is 1.47. The second-order valence-electron chi connectivity index (χ2n) is 5.06. The molecule has 1 aromatic carbocycles. The molecule has 23 heavy (non-hydrogen) atoms. The van der Waals surface area contributed by atoms with Crippen LogP contribution in [-0.2, 0) is 19.1 Å². The van der Waals surface area contributed by atoms with Crippen molar-refractivity contribution in [2.75, 3.05) is 37.4 Å². The van der Waals surface area contributed by atoms with E-state index in [1.165, 1.54) is 13.8 Å². The third-order valence-corrected chi connectivity index (χ3v) is 3.09. The molecule has 2 N–H and O–H groups in total. The predicted molar refractivity (Wildman–Crippen MR) is 88.1 cm³/mol. The van der Waals surface area contributed by atoms with E-state index in [0.717, 1.165) is 0 Å². The lowest BCUT2D eigenvalue weighted by Crippen LogP contribution is -2.34. The molecule has 7 heteroatoms. The number of hydrogen-bond acceptors (Lipinski definition) is 4. The summed E-state index contributed by atoms with van der Waals surface area (Å²) < 4.78 is 4.94. The highest BCUT2D eigenvalue weighted by molar-refractivity contribution is 5.93. The Balaban J connectivity index is 2.52. The van der Waals surface area contributed by atoms with Gasteiger partial charge in [0.2, 0.25) is 17.7 Å². The highest BCUT2D eigenvalue weighted by Gasteiger charge is 2.11. The van der Waals surface area contributed by atoms with E-state index in [1.54, 1.807) is 36.3 Å². The zero-order valence-electron chi connectivity index (χ0n) is 13.7. The van der Waals surface area contributed by atoms with Gasteiger partial charge in [-0.15, -0.1) is 0 Å². The van der Waals surface area contributed by atoms with Crippen LogP contribution in [0.15, 0.2) is 24.3 Å². The summed E-state index contributed by atoms with van der Waals surface area (Å²) in [6, 6.07) is 6.88. The van der Waals surface area contributed by atoms with Crippen molar-refractivity contribution in [3.05, 3.63) is 24.3 Å². The lowest BCUT2D eigenvalue weighted by molar-refractivity contribution is -0.130. The number of hydrogen-bond donors (Lipinski definition) is 2. The number of carbonyl (C=O) groups is 3. The Kier molecular flexibility index (Phi) is 7.76. The molecule has 0 saturated heterocycles. The summed E-state index contributed by atoms with van der Waals surface area (Å²) >= 11 is 0. The summed E-state index contributed by atoms with van der Waals surface area (Å²) in [5, 5.41) is 5.40. The van der Waals surface area contributed by atoms with E-state index in [9.17, 15) is 14.4 Å². The molecule has 7 nitrogen and oxygen atoms in total. The van der Waals surface area contributed by atoms with Crippen molar-refractivity contribution in [1.82, 2.24) is 4.90 Å². The number of carbonyl (C=O) groups excluding carboxylic acids is 3. The van der Waals surface area contributed by atoms with Gasteiger partial charge in [-0.1, -0.05) is 6.07 Å². The van der Waals surface area contributed by atoms with E-state index < -0.39 is 0 Å². The van der Waals surface area contributed by atoms with Crippen molar-refractivity contribution in [3.63, 3.8) is 0 Å². The van der Waals surface area contributed by atoms with Crippen LogP contribution in [0.4, 0.5) is 11.4 Å². The van der Waals surface area contributed by atoms with Gasteiger partial charge in [0.05, 0.1) is 6.61 Å². The van der Waals surface area contributed by atoms with Crippen molar-refractivity contribution in [1.29, 1.82) is 0 Å². The van der Waals surface area contributed by atoms with Crippen LogP contribution in [0.2, 0.25) is 0 Å². The van der Waals surface area contributed by atoms with Crippen LogP contribution in [0.1, 0.15) is 20.3 Å². The van der Waals surface area contributed by atoms with Gasteiger partial charge in [-0.3, -0.25) is 14.4 Å². The average Bonchev–Trinajstić information content (AvgIpc) is 2.46. The molecule has 0 spiro atoms. The van der Waals surface area contributed by atoms with Crippen LogP contribution in [-0.4, -0.2) is 49.4 Å². The summed E-state index contributed by atoms with van der Waals surface area (Å²) in [5.74, 6) is -0.472. The van der Waals surface area contributed by atoms with E-state index in [-0.39, 0.29) is 24.1 Å². The van der Waals surface area contributed by atoms with Gasteiger partial charge in [-0.2, -0.15) is 0 Å². The summed E-state index contributed by atoms with van der Waals surface area (Å²) in [6.45, 7) is 4.10. The van der Waals surface area contributed by atoms with Gasteiger partial charge >= 0.3 is 0 Å². The molecular weight excluding hydrogens is 298 g/mol. The molecule has 0 radical (unpaired) electrons. The molecule has 0 atom stereocenters. The number of nitrogens with one attached hydrogen (secondary N) is 2. The highest BCUT2D eigenvalue weighted by Crippen LogP contribution is 2.15. The molecule has 3 amide bonds. The zero-order chi connectivity index (χ0) is 17.2. The first-order valence-corrected chi connectivity index (χ1v) is 7.34. The summed E-state index contributed by atoms with van der Waals surface area (Å²) in [4.78, 5) is 36.0. The zero-order valence-corrected chi connectivity index (χ0v) is 13.7. The Labute approximate surface area is 136 Å². The van der Waals surface area contributed by atoms with E-state index in [0.29, 0.717) is 31.1 Å². The van der Waals surface area contributed by atoms with E-state index >= 15 is 0 Å². The minimum Gasteiger partial charge on any atom is -0.383 e. The fraction of sp³-hybridized carbons (Fsp3) is 0.438. The fourth-order valence-electron chi connectivity index (χ4n) is 1.97. The molecule has 0 unspecified atom stereocenters. The average molecular weight is 321 g/mol. The third kappa shape index (κ3) is 7.42. The monoisotopic (exact) mass is 321 g/mol. The van der Waals surface area contributed by atoms with Gasteiger partial charge in [-0.25, -0.2) is 0 Å². The molecule has 1 aromatic rings. The highest BCUT2D eigenvalue weighted by atomic mass is 16.5. The first kappa shape index (κ1) is 18.6. The Bertz CT molecular complexity index is 560.